The zero-order chi connectivity index (χ0) is 29.4. The maximum absolute atomic E-state index is 14.1. The molecule has 0 aliphatic carbocycles. The van der Waals surface area contributed by atoms with Crippen molar-refractivity contribution >= 4 is 62.3 Å². The molecule has 1 atom stereocenters. The van der Waals surface area contributed by atoms with Crippen molar-refractivity contribution in [3.8, 4) is 0 Å². The molecule has 40 heavy (non-hydrogen) atoms. The molecule has 0 aromatic heterocycles. The standard InChI is InChI=1S/C29H32Cl3N3O4S/c1-4-16-33-29(37)26(5-2)34(18-21-10-15-24(31)25(32)17-21)28(36)19-35(27-9-7-6-8-20(27)3)40(38,39)23-13-11-22(30)12-14-23/h6-15,17,26H,4-5,16,18-19H2,1-3H3,(H,33,37). The number of nitrogens with one attached hydrogen (secondary N) is 1. The van der Waals surface area contributed by atoms with E-state index in [1.807, 2.05) is 6.92 Å². The smallest absolute Gasteiger partial charge is 0.264 e. The summed E-state index contributed by atoms with van der Waals surface area (Å²) in [5.41, 5.74) is 1.66. The van der Waals surface area contributed by atoms with Gasteiger partial charge in [0.15, 0.2) is 0 Å². The van der Waals surface area contributed by atoms with E-state index in [1.165, 1.54) is 29.2 Å². The summed E-state index contributed by atoms with van der Waals surface area (Å²) in [6, 6.07) is 16.8. The largest absolute Gasteiger partial charge is 0.354 e. The van der Waals surface area contributed by atoms with Crippen LogP contribution in [0.2, 0.25) is 15.1 Å². The molecular weight excluding hydrogens is 593 g/mol. The first-order chi connectivity index (χ1) is 19.0. The van der Waals surface area contributed by atoms with Crippen LogP contribution in [-0.2, 0) is 26.2 Å². The summed E-state index contributed by atoms with van der Waals surface area (Å²) in [5.74, 6) is -0.869. The molecule has 3 aromatic rings. The van der Waals surface area contributed by atoms with Gasteiger partial charge in [0, 0.05) is 18.1 Å². The minimum Gasteiger partial charge on any atom is -0.354 e. The number of nitrogens with zero attached hydrogens (tertiary/aromatic N) is 2. The van der Waals surface area contributed by atoms with E-state index in [-0.39, 0.29) is 17.3 Å². The lowest BCUT2D eigenvalue weighted by molar-refractivity contribution is -0.140. The third kappa shape index (κ3) is 7.69. The fourth-order valence-corrected chi connectivity index (χ4v) is 6.14. The van der Waals surface area contributed by atoms with E-state index in [9.17, 15) is 18.0 Å². The normalized spacial score (nSPS) is 12.1. The van der Waals surface area contributed by atoms with Gasteiger partial charge >= 0.3 is 0 Å². The van der Waals surface area contributed by atoms with Gasteiger partial charge in [0.1, 0.15) is 12.6 Å². The van der Waals surface area contributed by atoms with Crippen LogP contribution in [0.1, 0.15) is 37.8 Å². The van der Waals surface area contributed by atoms with Crippen LogP contribution < -0.4 is 9.62 Å². The molecule has 7 nitrogen and oxygen atoms in total. The molecule has 0 saturated carbocycles. The highest BCUT2D eigenvalue weighted by atomic mass is 35.5. The van der Waals surface area contributed by atoms with Gasteiger partial charge in [-0.2, -0.15) is 0 Å². The molecule has 3 aromatic carbocycles. The molecule has 0 radical (unpaired) electrons. The van der Waals surface area contributed by atoms with Gasteiger partial charge in [-0.3, -0.25) is 13.9 Å². The Morgan fingerprint density at radius 2 is 1.60 bits per heavy atom. The van der Waals surface area contributed by atoms with Crippen LogP contribution in [0.25, 0.3) is 0 Å². The number of sulfonamides is 1. The average molecular weight is 625 g/mol. The number of halogens is 3. The number of hydrogen-bond donors (Lipinski definition) is 1. The predicted molar refractivity (Wildman–Crippen MR) is 162 cm³/mol. The minimum absolute atomic E-state index is 0.0169. The van der Waals surface area contributed by atoms with Gasteiger partial charge in [-0.15, -0.1) is 0 Å². The molecule has 0 spiro atoms. The first kappa shape index (κ1) is 31.7. The summed E-state index contributed by atoms with van der Waals surface area (Å²) in [6.45, 7) is 5.44. The highest BCUT2D eigenvalue weighted by Crippen LogP contribution is 2.29. The number of para-hydroxylation sites is 1. The molecule has 0 fully saturated rings. The van der Waals surface area contributed by atoms with Crippen molar-refractivity contribution in [1.29, 1.82) is 0 Å². The van der Waals surface area contributed by atoms with Crippen molar-refractivity contribution in [1.82, 2.24) is 10.2 Å². The Morgan fingerprint density at radius 3 is 2.20 bits per heavy atom. The summed E-state index contributed by atoms with van der Waals surface area (Å²) >= 11 is 18.3. The first-order valence-electron chi connectivity index (χ1n) is 12.8. The van der Waals surface area contributed by atoms with Gasteiger partial charge in [-0.25, -0.2) is 8.42 Å². The molecule has 1 N–H and O–H groups in total. The Bertz CT molecular complexity index is 1450. The van der Waals surface area contributed by atoms with Crippen molar-refractivity contribution in [2.24, 2.45) is 0 Å². The van der Waals surface area contributed by atoms with E-state index in [1.54, 1.807) is 56.3 Å². The van der Waals surface area contributed by atoms with E-state index >= 15 is 0 Å². The summed E-state index contributed by atoms with van der Waals surface area (Å²) in [7, 11) is -4.19. The van der Waals surface area contributed by atoms with Crippen molar-refractivity contribution < 1.29 is 18.0 Å². The molecule has 1 unspecified atom stereocenters. The van der Waals surface area contributed by atoms with Crippen molar-refractivity contribution in [2.45, 2.75) is 51.1 Å². The Kier molecular flexibility index (Phi) is 11.3. The lowest BCUT2D eigenvalue weighted by atomic mass is 10.1. The number of amides is 2. The van der Waals surface area contributed by atoms with E-state index in [2.05, 4.69) is 5.32 Å². The molecule has 0 saturated heterocycles. The second-order valence-corrected chi connectivity index (χ2v) is 12.4. The molecule has 2 amide bonds. The lowest BCUT2D eigenvalue weighted by Crippen LogP contribution is -2.52. The maximum atomic E-state index is 14.1. The highest BCUT2D eigenvalue weighted by Gasteiger charge is 2.34. The molecule has 0 aliphatic heterocycles. The van der Waals surface area contributed by atoms with Crippen molar-refractivity contribution in [3.63, 3.8) is 0 Å². The third-order valence-corrected chi connectivity index (χ3v) is 9.10. The monoisotopic (exact) mass is 623 g/mol. The minimum atomic E-state index is -4.19. The van der Waals surface area contributed by atoms with Crippen LogP contribution in [0.4, 0.5) is 5.69 Å². The topological polar surface area (TPSA) is 86.8 Å². The Labute approximate surface area is 251 Å². The Morgan fingerprint density at radius 1 is 0.925 bits per heavy atom. The highest BCUT2D eigenvalue weighted by molar-refractivity contribution is 7.92. The number of anilines is 1. The summed E-state index contributed by atoms with van der Waals surface area (Å²) < 4.78 is 28.9. The third-order valence-electron chi connectivity index (χ3n) is 6.34. The summed E-state index contributed by atoms with van der Waals surface area (Å²) in [6.07, 6.45) is 1.04. The van der Waals surface area contributed by atoms with E-state index in [0.717, 1.165) is 10.7 Å². The van der Waals surface area contributed by atoms with Crippen LogP contribution >= 0.6 is 34.8 Å². The zero-order valence-electron chi connectivity index (χ0n) is 22.5. The fraction of sp³-hybridized carbons (Fsp3) is 0.310. The molecule has 0 heterocycles. The Balaban J connectivity index is 2.07. The van der Waals surface area contributed by atoms with Crippen molar-refractivity contribution in [2.75, 3.05) is 17.4 Å². The van der Waals surface area contributed by atoms with Gasteiger partial charge < -0.3 is 10.2 Å². The summed E-state index contributed by atoms with van der Waals surface area (Å²) in [5, 5.41) is 3.90. The average Bonchev–Trinajstić information content (AvgIpc) is 2.93. The van der Waals surface area contributed by atoms with E-state index in [0.29, 0.717) is 44.8 Å². The second kappa shape index (κ2) is 14.2. The van der Waals surface area contributed by atoms with E-state index in [4.69, 9.17) is 34.8 Å². The SMILES string of the molecule is CCCNC(=O)C(CC)N(Cc1ccc(Cl)c(Cl)c1)C(=O)CN(c1ccccc1C)S(=O)(=O)c1ccc(Cl)cc1. The molecule has 11 heteroatoms. The lowest BCUT2D eigenvalue weighted by Gasteiger charge is -2.33. The van der Waals surface area contributed by atoms with Crippen LogP contribution in [0.3, 0.4) is 0 Å². The van der Waals surface area contributed by atoms with Gasteiger partial charge in [0.05, 0.1) is 20.6 Å². The molecule has 214 valence electrons. The quantitative estimate of drug-likeness (QED) is 0.250. The van der Waals surface area contributed by atoms with Gasteiger partial charge in [0.2, 0.25) is 11.8 Å². The maximum Gasteiger partial charge on any atom is 0.264 e. The number of hydrogen-bond acceptors (Lipinski definition) is 4. The van der Waals surface area contributed by atoms with Crippen LogP contribution in [0.5, 0.6) is 0 Å². The number of carbonyl (C=O) groups is 2. The van der Waals surface area contributed by atoms with Gasteiger partial charge in [-0.1, -0.05) is 72.9 Å². The van der Waals surface area contributed by atoms with Gasteiger partial charge in [0.25, 0.3) is 10.0 Å². The van der Waals surface area contributed by atoms with E-state index < -0.39 is 28.5 Å². The molecule has 0 aliphatic rings. The van der Waals surface area contributed by atoms with Crippen LogP contribution in [0, 0.1) is 6.92 Å². The first-order valence-corrected chi connectivity index (χ1v) is 15.4. The van der Waals surface area contributed by atoms with Crippen LogP contribution in [0.15, 0.2) is 71.6 Å². The zero-order valence-corrected chi connectivity index (χ0v) is 25.6. The number of carbonyl (C=O) groups excluding carboxylic acids is 2. The Hall–Kier alpha value is -2.78. The predicted octanol–water partition coefficient (Wildman–Crippen LogP) is 6.48. The van der Waals surface area contributed by atoms with Crippen LogP contribution in [-0.4, -0.2) is 44.3 Å². The molecular formula is C29H32Cl3N3O4S. The number of aryl methyl sites for hydroxylation is 1. The molecule has 3 rings (SSSR count). The van der Waals surface area contributed by atoms with Crippen molar-refractivity contribution in [3.05, 3.63) is 92.9 Å². The molecule has 0 bridgehead atoms. The van der Waals surface area contributed by atoms with Gasteiger partial charge in [-0.05, 0) is 73.4 Å². The second-order valence-electron chi connectivity index (χ2n) is 9.24. The number of benzene rings is 3. The number of rotatable bonds is 12. The summed E-state index contributed by atoms with van der Waals surface area (Å²) in [4.78, 5) is 28.6. The fourth-order valence-electron chi connectivity index (χ4n) is 4.21.